The van der Waals surface area contributed by atoms with Crippen LogP contribution in [0, 0.1) is 6.92 Å². The Bertz CT molecular complexity index is 631. The molecule has 0 saturated heterocycles. The molecule has 0 saturated carbocycles. The van der Waals surface area contributed by atoms with Crippen LogP contribution in [0.4, 0.5) is 11.4 Å². The Morgan fingerprint density at radius 2 is 1.77 bits per heavy atom. The maximum atomic E-state index is 10.1. The second kappa shape index (κ2) is 7.50. The predicted molar refractivity (Wildman–Crippen MR) is 94.1 cm³/mol. The van der Waals surface area contributed by atoms with Gasteiger partial charge in [-0.05, 0) is 45.0 Å². The number of hydrogen-bond acceptors (Lipinski definition) is 4. The number of hydrogen-bond donors (Lipinski definition) is 2. The van der Waals surface area contributed by atoms with Gasteiger partial charge in [0.05, 0.1) is 11.9 Å². The van der Waals surface area contributed by atoms with E-state index in [1.54, 1.807) is 12.3 Å². The van der Waals surface area contributed by atoms with Crippen molar-refractivity contribution in [2.24, 2.45) is 5.10 Å². The lowest BCUT2D eigenvalue weighted by atomic mass is 10.2. The van der Waals surface area contributed by atoms with Crippen molar-refractivity contribution in [1.29, 1.82) is 0 Å². The summed E-state index contributed by atoms with van der Waals surface area (Å²) < 4.78 is 0. The van der Waals surface area contributed by atoms with E-state index in [0.717, 1.165) is 24.5 Å². The molecule has 0 fully saturated rings. The van der Waals surface area contributed by atoms with Gasteiger partial charge in [-0.25, -0.2) is 0 Å². The van der Waals surface area contributed by atoms with Gasteiger partial charge in [-0.1, -0.05) is 17.7 Å². The Balaban J connectivity index is 2.06. The fourth-order valence-electron chi connectivity index (χ4n) is 2.23. The third-order valence-corrected chi connectivity index (χ3v) is 3.59. The molecule has 0 aliphatic heterocycles. The van der Waals surface area contributed by atoms with Gasteiger partial charge in [-0.2, -0.15) is 5.10 Å². The molecule has 4 nitrogen and oxygen atoms in total. The van der Waals surface area contributed by atoms with Gasteiger partial charge in [0.1, 0.15) is 5.75 Å². The highest BCUT2D eigenvalue weighted by Crippen LogP contribution is 2.23. The van der Waals surface area contributed by atoms with E-state index in [4.69, 9.17) is 0 Å². The first kappa shape index (κ1) is 15.9. The van der Waals surface area contributed by atoms with E-state index in [2.05, 4.69) is 29.3 Å². The molecule has 0 bridgehead atoms. The van der Waals surface area contributed by atoms with Gasteiger partial charge in [-0.15, -0.1) is 0 Å². The average molecular weight is 297 g/mol. The zero-order valence-corrected chi connectivity index (χ0v) is 13.4. The van der Waals surface area contributed by atoms with Gasteiger partial charge >= 0.3 is 0 Å². The number of aryl methyl sites for hydroxylation is 1. The molecule has 0 aliphatic carbocycles. The topological polar surface area (TPSA) is 47.9 Å². The molecule has 0 aromatic heterocycles. The highest BCUT2D eigenvalue weighted by Gasteiger charge is 2.05. The summed E-state index contributed by atoms with van der Waals surface area (Å²) in [5.74, 6) is 0.235. The number of hydrazone groups is 1. The molecule has 2 aromatic carbocycles. The van der Waals surface area contributed by atoms with Crippen LogP contribution in [0.15, 0.2) is 47.6 Å². The average Bonchev–Trinajstić information content (AvgIpc) is 2.52. The van der Waals surface area contributed by atoms with Crippen LogP contribution >= 0.6 is 0 Å². The Kier molecular flexibility index (Phi) is 5.42. The molecule has 0 aliphatic rings. The van der Waals surface area contributed by atoms with Crippen LogP contribution in [0.2, 0.25) is 0 Å². The van der Waals surface area contributed by atoms with Crippen LogP contribution in [0.3, 0.4) is 0 Å². The number of rotatable bonds is 6. The lowest BCUT2D eigenvalue weighted by Gasteiger charge is -2.21. The van der Waals surface area contributed by atoms with Gasteiger partial charge in [-0.3, -0.25) is 5.43 Å². The Morgan fingerprint density at radius 3 is 2.36 bits per heavy atom. The fraction of sp³-hybridized carbons (Fsp3) is 0.278. The molecule has 0 unspecified atom stereocenters. The van der Waals surface area contributed by atoms with Crippen LogP contribution in [0.25, 0.3) is 0 Å². The number of aromatic hydroxyl groups is 1. The molecule has 2 N–H and O–H groups in total. The summed E-state index contributed by atoms with van der Waals surface area (Å²) in [6, 6.07) is 13.6. The quantitative estimate of drug-likeness (QED) is 0.626. The molecular weight excluding hydrogens is 274 g/mol. The molecule has 0 atom stereocenters. The van der Waals surface area contributed by atoms with E-state index in [9.17, 15) is 5.11 Å². The van der Waals surface area contributed by atoms with Crippen molar-refractivity contribution in [2.75, 3.05) is 23.4 Å². The minimum Gasteiger partial charge on any atom is -0.507 e. The monoisotopic (exact) mass is 297 g/mol. The molecular formula is C18H23N3O. The molecule has 0 amide bonds. The summed E-state index contributed by atoms with van der Waals surface area (Å²) in [6.45, 7) is 8.07. The number of nitrogens with one attached hydrogen (secondary N) is 1. The highest BCUT2D eigenvalue weighted by molar-refractivity contribution is 5.85. The van der Waals surface area contributed by atoms with Gasteiger partial charge in [0.15, 0.2) is 0 Å². The van der Waals surface area contributed by atoms with E-state index >= 15 is 0 Å². The number of phenols is 1. The molecule has 0 spiro atoms. The van der Waals surface area contributed by atoms with E-state index < -0.39 is 0 Å². The normalized spacial score (nSPS) is 10.9. The van der Waals surface area contributed by atoms with Gasteiger partial charge < -0.3 is 10.0 Å². The van der Waals surface area contributed by atoms with Crippen molar-refractivity contribution in [2.45, 2.75) is 20.8 Å². The van der Waals surface area contributed by atoms with Crippen molar-refractivity contribution in [3.63, 3.8) is 0 Å². The second-order valence-electron chi connectivity index (χ2n) is 5.15. The van der Waals surface area contributed by atoms with Gasteiger partial charge in [0.2, 0.25) is 0 Å². The first-order valence-corrected chi connectivity index (χ1v) is 7.57. The minimum atomic E-state index is 0.235. The zero-order chi connectivity index (χ0) is 15.9. The molecule has 2 aromatic rings. The van der Waals surface area contributed by atoms with Gasteiger partial charge in [0.25, 0.3) is 0 Å². The molecule has 116 valence electrons. The first-order valence-electron chi connectivity index (χ1n) is 7.57. The Morgan fingerprint density at radius 1 is 1.09 bits per heavy atom. The highest BCUT2D eigenvalue weighted by atomic mass is 16.3. The van der Waals surface area contributed by atoms with Crippen molar-refractivity contribution < 1.29 is 5.11 Å². The molecule has 2 rings (SSSR count). The first-order chi connectivity index (χ1) is 10.6. The summed E-state index contributed by atoms with van der Waals surface area (Å²) >= 11 is 0. The van der Waals surface area contributed by atoms with Crippen molar-refractivity contribution >= 4 is 17.6 Å². The van der Waals surface area contributed by atoms with Crippen molar-refractivity contribution in [3.05, 3.63) is 53.6 Å². The molecule has 22 heavy (non-hydrogen) atoms. The standard InChI is InChI=1S/C18H23N3O/c1-4-21(5-2)17-11-8-15(18(22)12-17)13-19-20-16-9-6-14(3)7-10-16/h6-13,20,22H,4-5H2,1-3H3. The van der Waals surface area contributed by atoms with Crippen molar-refractivity contribution in [1.82, 2.24) is 0 Å². The van der Waals surface area contributed by atoms with Crippen LogP contribution < -0.4 is 10.3 Å². The Hall–Kier alpha value is -2.49. The summed E-state index contributed by atoms with van der Waals surface area (Å²) in [5, 5.41) is 14.3. The van der Waals surface area contributed by atoms with Gasteiger partial charge in [0, 0.05) is 30.4 Å². The smallest absolute Gasteiger partial charge is 0.126 e. The number of nitrogens with zero attached hydrogens (tertiary/aromatic N) is 2. The SMILES string of the molecule is CCN(CC)c1ccc(C=NNc2ccc(C)cc2)c(O)c1. The van der Waals surface area contributed by atoms with E-state index in [1.807, 2.05) is 43.3 Å². The number of anilines is 2. The van der Waals surface area contributed by atoms with Crippen LogP contribution in [-0.4, -0.2) is 24.4 Å². The molecule has 0 heterocycles. The van der Waals surface area contributed by atoms with Crippen LogP contribution in [0.5, 0.6) is 5.75 Å². The lowest BCUT2D eigenvalue weighted by molar-refractivity contribution is 0.474. The molecule has 4 heteroatoms. The lowest BCUT2D eigenvalue weighted by Crippen LogP contribution is -2.21. The van der Waals surface area contributed by atoms with Crippen LogP contribution in [0.1, 0.15) is 25.0 Å². The number of benzene rings is 2. The summed E-state index contributed by atoms with van der Waals surface area (Å²) in [7, 11) is 0. The van der Waals surface area contributed by atoms with E-state index in [1.165, 1.54) is 5.56 Å². The van der Waals surface area contributed by atoms with Crippen LogP contribution in [-0.2, 0) is 0 Å². The molecule has 0 radical (unpaired) electrons. The summed E-state index contributed by atoms with van der Waals surface area (Å²) in [4.78, 5) is 2.19. The maximum Gasteiger partial charge on any atom is 0.126 e. The Labute approximate surface area is 132 Å². The summed E-state index contributed by atoms with van der Waals surface area (Å²) in [5.41, 5.74) is 6.79. The minimum absolute atomic E-state index is 0.235. The second-order valence-corrected chi connectivity index (χ2v) is 5.15. The van der Waals surface area contributed by atoms with Crippen molar-refractivity contribution in [3.8, 4) is 5.75 Å². The fourth-order valence-corrected chi connectivity index (χ4v) is 2.23. The van der Waals surface area contributed by atoms with E-state index in [0.29, 0.717) is 5.56 Å². The predicted octanol–water partition coefficient (Wildman–Crippen LogP) is 3.99. The number of phenolic OH excluding ortho intramolecular Hbond substituents is 1. The van der Waals surface area contributed by atoms with E-state index in [-0.39, 0.29) is 5.75 Å². The largest absolute Gasteiger partial charge is 0.507 e. The maximum absolute atomic E-state index is 10.1. The third-order valence-electron chi connectivity index (χ3n) is 3.59. The zero-order valence-electron chi connectivity index (χ0n) is 13.4. The third kappa shape index (κ3) is 4.01. The summed E-state index contributed by atoms with van der Waals surface area (Å²) in [6.07, 6.45) is 1.63.